The van der Waals surface area contributed by atoms with Crippen LogP contribution in [0.1, 0.15) is 18.2 Å². The molecule has 1 aromatic heterocycles. The molecule has 0 aliphatic heterocycles. The fourth-order valence-electron chi connectivity index (χ4n) is 3.08. The van der Waals surface area contributed by atoms with Crippen LogP contribution in [0.4, 0.5) is 20.4 Å². The lowest BCUT2D eigenvalue weighted by molar-refractivity contribution is -0.255. The first-order chi connectivity index (χ1) is 15.8. The normalized spacial score (nSPS) is 10.5. The first-order valence-electron chi connectivity index (χ1n) is 9.93. The van der Waals surface area contributed by atoms with Crippen LogP contribution in [0.3, 0.4) is 0 Å². The molecular formula is C22H21N5O5S-2. The molecule has 0 bridgehead atoms. The van der Waals surface area contributed by atoms with Crippen LogP contribution < -0.4 is 31.5 Å². The Morgan fingerprint density at radius 3 is 2.15 bits per heavy atom. The number of thiazole rings is 1. The summed E-state index contributed by atoms with van der Waals surface area (Å²) >= 11 is 1.42. The average Bonchev–Trinajstić information content (AvgIpc) is 3.15. The van der Waals surface area contributed by atoms with Crippen LogP contribution in [0.5, 0.6) is 0 Å². The van der Waals surface area contributed by atoms with E-state index in [0.29, 0.717) is 23.7 Å². The van der Waals surface area contributed by atoms with Gasteiger partial charge in [-0.1, -0.05) is 53.8 Å². The third-order valence-corrected chi connectivity index (χ3v) is 5.52. The molecule has 0 unspecified atom stereocenters. The minimum Gasteiger partial charge on any atom is -0.530 e. The number of carboxylic acid groups (broad SMARTS) is 2. The zero-order valence-electron chi connectivity index (χ0n) is 17.6. The van der Waals surface area contributed by atoms with E-state index in [4.69, 9.17) is 0 Å². The van der Waals surface area contributed by atoms with E-state index in [2.05, 4.69) is 15.6 Å². The lowest BCUT2D eigenvalue weighted by Crippen LogP contribution is -2.58. The molecule has 0 saturated heterocycles. The average molecular weight is 468 g/mol. The van der Waals surface area contributed by atoms with Crippen molar-refractivity contribution >= 4 is 40.2 Å². The lowest BCUT2D eigenvalue weighted by atomic mass is 10.1. The summed E-state index contributed by atoms with van der Waals surface area (Å²) in [5.74, 6) is -0.183. The highest BCUT2D eigenvalue weighted by atomic mass is 32.1. The van der Waals surface area contributed by atoms with Crippen molar-refractivity contribution in [3.8, 4) is 10.4 Å². The fourth-order valence-corrected chi connectivity index (χ4v) is 4.14. The van der Waals surface area contributed by atoms with E-state index in [1.807, 2.05) is 53.1 Å². The van der Waals surface area contributed by atoms with Gasteiger partial charge >= 0.3 is 0 Å². The molecule has 3 amide bonds. The van der Waals surface area contributed by atoms with Crippen LogP contribution >= 0.6 is 11.3 Å². The van der Waals surface area contributed by atoms with Gasteiger partial charge in [0, 0.05) is 12.6 Å². The number of rotatable bonds is 9. The molecule has 0 saturated carbocycles. The van der Waals surface area contributed by atoms with Crippen LogP contribution in [0, 0.1) is 0 Å². The highest BCUT2D eigenvalue weighted by Crippen LogP contribution is 2.33. The number of hydrogen-bond acceptors (Lipinski definition) is 8. The third-order valence-electron chi connectivity index (χ3n) is 4.46. The van der Waals surface area contributed by atoms with Gasteiger partial charge in [-0.3, -0.25) is 4.79 Å². The van der Waals surface area contributed by atoms with Crippen molar-refractivity contribution in [2.24, 2.45) is 0 Å². The Morgan fingerprint density at radius 1 is 0.939 bits per heavy atom. The maximum absolute atomic E-state index is 11.4. The molecule has 0 fully saturated rings. The molecule has 33 heavy (non-hydrogen) atoms. The Morgan fingerprint density at radius 2 is 1.58 bits per heavy atom. The molecule has 0 aliphatic carbocycles. The van der Waals surface area contributed by atoms with Crippen molar-refractivity contribution in [1.29, 1.82) is 0 Å². The van der Waals surface area contributed by atoms with Crippen LogP contribution in [-0.2, 0) is 17.6 Å². The number of nitrogens with one attached hydrogen (secondary N) is 4. The molecule has 2 aromatic carbocycles. The first kappa shape index (κ1) is 23.5. The molecule has 0 aliphatic rings. The minimum atomic E-state index is -1.64. The number of carbonyl (C=O) groups excluding carboxylic acids is 3. The number of nitrogens with zero attached hydrogens (tertiary/aromatic N) is 1. The zero-order valence-corrected chi connectivity index (χ0v) is 18.4. The Bertz CT molecular complexity index is 1100. The molecule has 0 spiro atoms. The lowest BCUT2D eigenvalue weighted by Gasteiger charge is -2.24. The van der Waals surface area contributed by atoms with Gasteiger partial charge in [0.05, 0.1) is 10.6 Å². The summed E-state index contributed by atoms with van der Waals surface area (Å²) in [4.78, 5) is 38.4. The standard InChI is InChI=1S/C22H23N5O5S/c1-13(28)23-20-25-17(18(33-20)15-5-3-2-4-6-15)12-9-14-7-10-16(11-8-14)24-19(26-21(29)30)27-22(31)32/h2-8,10-11,19,24,26-27H,9,12H2,1H3,(H,29,30)(H,31,32)(H,23,25,28)/p-2. The summed E-state index contributed by atoms with van der Waals surface area (Å²) in [7, 11) is 0. The molecule has 4 N–H and O–H groups in total. The Kier molecular flexibility index (Phi) is 7.82. The van der Waals surface area contributed by atoms with Crippen LogP contribution in [0.15, 0.2) is 54.6 Å². The van der Waals surface area contributed by atoms with Crippen LogP contribution in [0.25, 0.3) is 10.4 Å². The SMILES string of the molecule is CC(=O)Nc1nc(CCc2ccc(NC(NC(=O)[O-])NC(=O)[O-])cc2)c(-c2ccccc2)s1. The summed E-state index contributed by atoms with van der Waals surface area (Å²) in [6.45, 7) is 1.44. The number of aryl methyl sites for hydroxylation is 2. The highest BCUT2D eigenvalue weighted by molar-refractivity contribution is 7.19. The summed E-state index contributed by atoms with van der Waals surface area (Å²) < 4.78 is 0. The van der Waals surface area contributed by atoms with Crippen molar-refractivity contribution in [3.63, 3.8) is 0 Å². The zero-order chi connectivity index (χ0) is 23.8. The minimum absolute atomic E-state index is 0.183. The molecule has 172 valence electrons. The van der Waals surface area contributed by atoms with Crippen molar-refractivity contribution in [1.82, 2.24) is 15.6 Å². The van der Waals surface area contributed by atoms with E-state index in [0.717, 1.165) is 21.7 Å². The molecule has 3 aromatic rings. The molecule has 11 heteroatoms. The maximum Gasteiger partial charge on any atom is 0.223 e. The van der Waals surface area contributed by atoms with E-state index in [1.165, 1.54) is 18.3 Å². The van der Waals surface area contributed by atoms with Gasteiger partial charge in [-0.15, -0.1) is 0 Å². The van der Waals surface area contributed by atoms with Crippen molar-refractivity contribution in [3.05, 3.63) is 65.9 Å². The quantitative estimate of drug-likeness (QED) is 0.343. The van der Waals surface area contributed by atoms with Gasteiger partial charge in [-0.25, -0.2) is 4.98 Å². The van der Waals surface area contributed by atoms with E-state index in [-0.39, 0.29) is 5.91 Å². The summed E-state index contributed by atoms with van der Waals surface area (Å²) in [6, 6.07) is 16.9. The largest absolute Gasteiger partial charge is 0.530 e. The van der Waals surface area contributed by atoms with Crippen molar-refractivity contribution in [2.75, 3.05) is 10.6 Å². The van der Waals surface area contributed by atoms with Crippen LogP contribution in [-0.4, -0.2) is 29.4 Å². The van der Waals surface area contributed by atoms with E-state index in [9.17, 15) is 24.6 Å². The predicted molar refractivity (Wildman–Crippen MR) is 120 cm³/mol. The van der Waals surface area contributed by atoms with Crippen molar-refractivity contribution in [2.45, 2.75) is 26.1 Å². The molecule has 0 atom stereocenters. The molecule has 1 heterocycles. The van der Waals surface area contributed by atoms with E-state index >= 15 is 0 Å². The number of carbonyl (C=O) groups is 3. The predicted octanol–water partition coefficient (Wildman–Crippen LogP) is 1.12. The second kappa shape index (κ2) is 11.0. The van der Waals surface area contributed by atoms with Crippen LogP contribution in [0.2, 0.25) is 0 Å². The Hall–Kier alpha value is -4.12. The monoisotopic (exact) mass is 467 g/mol. The van der Waals surface area contributed by atoms with E-state index < -0.39 is 18.5 Å². The highest BCUT2D eigenvalue weighted by Gasteiger charge is 2.14. The molecular weight excluding hydrogens is 446 g/mol. The summed E-state index contributed by atoms with van der Waals surface area (Å²) in [6.07, 6.45) is -3.31. The summed E-state index contributed by atoms with van der Waals surface area (Å²) in [5, 5.41) is 31.1. The number of aromatic nitrogens is 1. The smallest absolute Gasteiger partial charge is 0.223 e. The number of hydrogen-bond donors (Lipinski definition) is 4. The third kappa shape index (κ3) is 7.21. The topological polar surface area (TPSA) is 158 Å². The number of benzene rings is 2. The molecule has 3 rings (SSSR count). The second-order valence-corrected chi connectivity index (χ2v) is 7.98. The van der Waals surface area contributed by atoms with Gasteiger partial charge in [0.25, 0.3) is 0 Å². The van der Waals surface area contributed by atoms with Gasteiger partial charge in [0.15, 0.2) is 11.4 Å². The first-order valence-corrected chi connectivity index (χ1v) is 10.7. The Balaban J connectivity index is 1.69. The Labute approximate surface area is 193 Å². The maximum atomic E-state index is 11.4. The second-order valence-electron chi connectivity index (χ2n) is 6.98. The fraction of sp³-hybridized carbons (Fsp3) is 0.182. The van der Waals surface area contributed by atoms with Gasteiger partial charge in [0.2, 0.25) is 5.91 Å². The van der Waals surface area contributed by atoms with E-state index in [1.54, 1.807) is 12.1 Å². The van der Waals surface area contributed by atoms with Gasteiger partial charge in [0.1, 0.15) is 12.2 Å². The number of anilines is 2. The molecule has 0 radical (unpaired) electrons. The van der Waals surface area contributed by atoms with Gasteiger partial charge in [-0.2, -0.15) is 0 Å². The van der Waals surface area contributed by atoms with Gasteiger partial charge < -0.3 is 41.1 Å². The summed E-state index contributed by atoms with van der Waals surface area (Å²) in [5.41, 5.74) is 3.37. The van der Waals surface area contributed by atoms with Gasteiger partial charge in [-0.05, 0) is 36.1 Å². The number of amides is 3. The van der Waals surface area contributed by atoms with Crippen molar-refractivity contribution < 1.29 is 24.6 Å². The molecule has 10 nitrogen and oxygen atoms in total.